The first-order chi connectivity index (χ1) is 28.6. The van der Waals surface area contributed by atoms with E-state index >= 15 is 0 Å². The highest BCUT2D eigenvalue weighted by Gasteiger charge is 2.32. The molecule has 0 saturated carbocycles. The van der Waals surface area contributed by atoms with Gasteiger partial charge in [0.25, 0.3) is 0 Å². The maximum atomic E-state index is 12.5. The largest absolute Gasteiger partial charge is 0.508 e. The maximum Gasteiger partial charge on any atom is 0.174 e. The first-order valence-electron chi connectivity index (χ1n) is 18.9. The Kier molecular flexibility index (Phi) is 12.1. The summed E-state index contributed by atoms with van der Waals surface area (Å²) in [7, 11) is 4.70. The van der Waals surface area contributed by atoms with Crippen LogP contribution < -0.4 is 28.4 Å². The number of hydrogen-bond donors (Lipinski definition) is 2. The molecule has 0 saturated heterocycles. The van der Waals surface area contributed by atoms with E-state index in [2.05, 4.69) is 0 Å². The van der Waals surface area contributed by atoms with Gasteiger partial charge in [-0.25, -0.2) is 0 Å². The molecule has 0 spiro atoms. The first-order valence-corrected chi connectivity index (χ1v) is 18.9. The second-order valence-electron chi connectivity index (χ2n) is 13.9. The fourth-order valence-corrected chi connectivity index (χ4v) is 7.01. The smallest absolute Gasteiger partial charge is 0.174 e. The highest BCUT2D eigenvalue weighted by Crippen LogP contribution is 2.43. The van der Waals surface area contributed by atoms with Gasteiger partial charge >= 0.3 is 0 Å². The number of hydrogen-bond acceptors (Lipinski definition) is 11. The van der Waals surface area contributed by atoms with Gasteiger partial charge in [-0.2, -0.15) is 0 Å². The number of ketones is 3. The van der Waals surface area contributed by atoms with Gasteiger partial charge in [0.15, 0.2) is 17.3 Å². The number of phenolic OH excluding ortho intramolecular Hbond substituents is 2. The topological polar surface area (TPSA) is 147 Å². The molecule has 3 aliphatic heterocycles. The Morgan fingerprint density at radius 2 is 0.966 bits per heavy atom. The summed E-state index contributed by atoms with van der Waals surface area (Å²) in [6.07, 6.45) is -0.0187. The Balaban J connectivity index is 0.000000136. The quantitative estimate of drug-likeness (QED) is 0.166. The SMILES string of the molecule is COc1ccc(C2CC(=O)c3c(OC)cc(OC)cc3O2)cc1.O=C1CC(c2ccc(O)cc2)Oc2ccccc21.O=C1CC(c2cccc(O)c2)Oc2ccccc21. The Morgan fingerprint density at radius 3 is 1.51 bits per heavy atom. The van der Waals surface area contributed by atoms with Crippen molar-refractivity contribution in [3.63, 3.8) is 0 Å². The lowest BCUT2D eigenvalue weighted by atomic mass is 9.95. The molecule has 2 N–H and O–H groups in total. The van der Waals surface area contributed by atoms with E-state index in [0.717, 1.165) is 22.4 Å². The summed E-state index contributed by atoms with van der Waals surface area (Å²) < 4.78 is 33.4. The third kappa shape index (κ3) is 9.15. The van der Waals surface area contributed by atoms with Crippen molar-refractivity contribution in [1.82, 2.24) is 0 Å². The number of ether oxygens (including phenoxy) is 6. The summed E-state index contributed by atoms with van der Waals surface area (Å²) in [5.74, 6) is 4.10. The summed E-state index contributed by atoms with van der Waals surface area (Å²) in [5, 5.41) is 18.7. The number of rotatable bonds is 6. The Morgan fingerprint density at radius 1 is 0.458 bits per heavy atom. The molecular formula is C48H42O11. The molecule has 3 aliphatic rings. The molecule has 11 heteroatoms. The number of methoxy groups -OCH3 is 3. The lowest BCUT2D eigenvalue weighted by Crippen LogP contribution is -2.21. The van der Waals surface area contributed by atoms with E-state index in [-0.39, 0.29) is 53.6 Å². The number of benzene rings is 6. The van der Waals surface area contributed by atoms with Gasteiger partial charge in [-0.05, 0) is 77.4 Å². The van der Waals surface area contributed by atoms with Crippen LogP contribution in [0.25, 0.3) is 0 Å². The monoisotopic (exact) mass is 794 g/mol. The zero-order chi connectivity index (χ0) is 41.5. The second-order valence-corrected chi connectivity index (χ2v) is 13.9. The predicted octanol–water partition coefficient (Wildman–Crippen LogP) is 9.62. The highest BCUT2D eigenvalue weighted by atomic mass is 16.5. The van der Waals surface area contributed by atoms with Crippen molar-refractivity contribution in [2.75, 3.05) is 21.3 Å². The van der Waals surface area contributed by atoms with Crippen LogP contribution in [0.15, 0.2) is 133 Å². The van der Waals surface area contributed by atoms with Crippen LogP contribution in [-0.4, -0.2) is 48.9 Å². The van der Waals surface area contributed by atoms with Crippen LogP contribution in [-0.2, 0) is 0 Å². The predicted molar refractivity (Wildman–Crippen MR) is 219 cm³/mol. The maximum absolute atomic E-state index is 12.5. The van der Waals surface area contributed by atoms with Crippen LogP contribution in [0, 0.1) is 0 Å². The number of carbonyl (C=O) groups is 3. The summed E-state index contributed by atoms with van der Waals surface area (Å²) in [5.41, 5.74) is 4.39. The van der Waals surface area contributed by atoms with E-state index < -0.39 is 0 Å². The molecule has 6 aromatic carbocycles. The third-order valence-corrected chi connectivity index (χ3v) is 10.1. The van der Waals surface area contributed by atoms with E-state index in [0.29, 0.717) is 58.3 Å². The molecule has 0 aromatic heterocycles. The van der Waals surface area contributed by atoms with Crippen molar-refractivity contribution in [3.8, 4) is 46.0 Å². The standard InChI is InChI=1S/C18H18O5.2C15H12O3/c1-20-12-6-4-11(5-7-12)15-10-14(19)18-16(22-3)8-13(21-2)9-17(18)23-15;16-11-5-3-4-10(8-11)15-9-13(17)12-6-1-2-7-14(12)18-15;16-11-7-5-10(6-8-11)15-9-13(17)12-3-1-2-4-14(12)18-15/h4-9,15H,10H2,1-3H3;2*1-8,15-16H,9H2. The van der Waals surface area contributed by atoms with Gasteiger partial charge in [0, 0.05) is 12.1 Å². The van der Waals surface area contributed by atoms with Gasteiger partial charge < -0.3 is 38.6 Å². The molecule has 0 aliphatic carbocycles. The molecule has 59 heavy (non-hydrogen) atoms. The van der Waals surface area contributed by atoms with Gasteiger partial charge in [0.05, 0.1) is 51.7 Å². The van der Waals surface area contributed by atoms with Gasteiger partial charge in [-0.1, -0.05) is 60.7 Å². The van der Waals surface area contributed by atoms with Crippen LogP contribution in [0.4, 0.5) is 0 Å². The molecule has 0 bridgehead atoms. The zero-order valence-corrected chi connectivity index (χ0v) is 32.6. The van der Waals surface area contributed by atoms with E-state index in [4.69, 9.17) is 28.4 Å². The molecule has 3 heterocycles. The molecule has 3 unspecified atom stereocenters. The Hall–Kier alpha value is -7.27. The Labute approximate surface area is 341 Å². The molecule has 6 aromatic rings. The van der Waals surface area contributed by atoms with Gasteiger partial charge in [0.1, 0.15) is 69.9 Å². The number of para-hydroxylation sites is 2. The summed E-state index contributed by atoms with van der Waals surface area (Å²) in [6, 6.07) is 39.0. The molecule has 11 nitrogen and oxygen atoms in total. The lowest BCUT2D eigenvalue weighted by Gasteiger charge is -2.27. The van der Waals surface area contributed by atoms with E-state index in [1.54, 1.807) is 93.1 Å². The number of fused-ring (bicyclic) bond motifs is 3. The zero-order valence-electron chi connectivity index (χ0n) is 32.6. The van der Waals surface area contributed by atoms with E-state index in [1.165, 1.54) is 7.11 Å². The van der Waals surface area contributed by atoms with Crippen LogP contribution in [0.3, 0.4) is 0 Å². The highest BCUT2D eigenvalue weighted by molar-refractivity contribution is 6.03. The van der Waals surface area contributed by atoms with Crippen molar-refractivity contribution >= 4 is 17.3 Å². The minimum atomic E-state index is -0.335. The van der Waals surface area contributed by atoms with Crippen molar-refractivity contribution in [2.24, 2.45) is 0 Å². The van der Waals surface area contributed by atoms with Crippen molar-refractivity contribution in [2.45, 2.75) is 37.6 Å². The van der Waals surface area contributed by atoms with Gasteiger partial charge in [-0.3, -0.25) is 14.4 Å². The molecule has 0 amide bonds. The number of phenols is 2. The van der Waals surface area contributed by atoms with Crippen LogP contribution >= 0.6 is 0 Å². The number of carbonyl (C=O) groups excluding carboxylic acids is 3. The molecule has 0 fully saturated rings. The van der Waals surface area contributed by atoms with E-state index in [1.807, 2.05) is 54.6 Å². The molecule has 0 radical (unpaired) electrons. The molecule has 9 rings (SSSR count). The Bertz CT molecular complexity index is 2460. The number of aromatic hydroxyl groups is 2. The van der Waals surface area contributed by atoms with Crippen molar-refractivity contribution < 1.29 is 53.0 Å². The average molecular weight is 795 g/mol. The number of Topliss-reactive ketones (excluding diaryl/α,β-unsaturated/α-hetero) is 3. The third-order valence-electron chi connectivity index (χ3n) is 10.1. The molecular weight excluding hydrogens is 753 g/mol. The average Bonchev–Trinajstić information content (AvgIpc) is 3.26. The van der Waals surface area contributed by atoms with Crippen molar-refractivity contribution in [3.05, 3.63) is 167 Å². The minimum Gasteiger partial charge on any atom is -0.508 e. The minimum absolute atomic E-state index is 0.00780. The molecule has 3 atom stereocenters. The molecule has 300 valence electrons. The second kappa shape index (κ2) is 17.9. The van der Waals surface area contributed by atoms with Gasteiger partial charge in [-0.15, -0.1) is 0 Å². The summed E-state index contributed by atoms with van der Waals surface area (Å²) in [6.45, 7) is 0. The first kappa shape index (κ1) is 39.9. The van der Waals surface area contributed by atoms with Crippen molar-refractivity contribution in [1.29, 1.82) is 0 Å². The van der Waals surface area contributed by atoms with Crippen LogP contribution in [0.1, 0.15) is 85.3 Å². The normalized spacial score (nSPS) is 17.3. The summed E-state index contributed by atoms with van der Waals surface area (Å²) in [4.78, 5) is 36.6. The summed E-state index contributed by atoms with van der Waals surface area (Å²) >= 11 is 0. The lowest BCUT2D eigenvalue weighted by molar-refractivity contribution is 0.0836. The van der Waals surface area contributed by atoms with Gasteiger partial charge in [0.2, 0.25) is 0 Å². The fourth-order valence-electron chi connectivity index (χ4n) is 7.01. The van der Waals surface area contributed by atoms with Crippen LogP contribution in [0.5, 0.6) is 46.0 Å². The van der Waals surface area contributed by atoms with E-state index in [9.17, 15) is 24.6 Å². The fraction of sp³-hybridized carbons (Fsp3) is 0.188. The van der Waals surface area contributed by atoms with Crippen LogP contribution in [0.2, 0.25) is 0 Å².